The van der Waals surface area contributed by atoms with Gasteiger partial charge in [0.2, 0.25) is 0 Å². The van der Waals surface area contributed by atoms with Gasteiger partial charge in [0.15, 0.2) is 0 Å². The summed E-state index contributed by atoms with van der Waals surface area (Å²) in [5.41, 5.74) is 1.92. The molecule has 0 fully saturated rings. The molecule has 1 aromatic heterocycles. The van der Waals surface area contributed by atoms with Crippen molar-refractivity contribution in [2.75, 3.05) is 0 Å². The predicted octanol–water partition coefficient (Wildman–Crippen LogP) is -7.82. The van der Waals surface area contributed by atoms with Crippen molar-refractivity contribution >= 4 is 302 Å². The van der Waals surface area contributed by atoms with Crippen LogP contribution in [0, 0.1) is 0 Å². The molecule has 0 saturated carbocycles. The van der Waals surface area contributed by atoms with E-state index in [0.29, 0.717) is 21.9 Å². The summed E-state index contributed by atoms with van der Waals surface area (Å²) >= 11 is 0. The highest BCUT2D eigenvalue weighted by Crippen LogP contribution is 2.44. The molecule has 18 heteroatoms. The highest BCUT2D eigenvalue weighted by Gasteiger charge is 2.29. The van der Waals surface area contributed by atoms with E-state index >= 15 is 0 Å². The summed E-state index contributed by atoms with van der Waals surface area (Å²) in [7, 11) is 116. The van der Waals surface area contributed by atoms with Gasteiger partial charge in [0.1, 0.15) is 145 Å². The smallest absolute Gasteiger partial charge is 0.128 e. The van der Waals surface area contributed by atoms with Crippen LogP contribution in [0.2, 0.25) is 0 Å². The van der Waals surface area contributed by atoms with Crippen molar-refractivity contribution in [3.63, 3.8) is 0 Å². The molecule has 0 aliphatic carbocycles. The van der Waals surface area contributed by atoms with Crippen LogP contribution in [0.1, 0.15) is 0 Å². The average Bonchev–Trinajstić information content (AvgIpc) is 3.69. The normalized spacial score (nSPS) is 12.0. The SMILES string of the molecule is [B]c1c(-c2c3c([B])c([B])c([B])c([B])c3c(-c3cc4ccccc4c4ccccc34)c3c([B])c([B])c([B])c([B])c23)c([B])c2c(oc3c([B])c4c([B])c([B])c([B])c([B])c4c([B])c32)c1[B]. The van der Waals surface area contributed by atoms with Crippen molar-refractivity contribution in [3.05, 3.63) is 54.6 Å². The van der Waals surface area contributed by atoms with Gasteiger partial charge < -0.3 is 4.42 Å². The number of fused-ring (bicyclic) bond motifs is 9. The standard InChI is InChI=1S/C44H9B17O/c45-26-21(34(53)42(61)44-25(26)24-27(46)22-23(35(54)43(24)62-44)33(52)41(60)40(59)32(22)51)16-19-17(28(47)36(55)38(57)30(19)49)15(18-20(16)31(50)39(58)37(56)29(18)48)14-9-10-5-1-2-6-11(10)12-7-3-4-8-13(12)14/h1-9H. The molecule has 0 aliphatic rings. The van der Waals surface area contributed by atoms with Crippen LogP contribution in [0.3, 0.4) is 0 Å². The molecule has 62 heavy (non-hydrogen) atoms. The third-order valence-electron chi connectivity index (χ3n) is 12.6. The van der Waals surface area contributed by atoms with Crippen LogP contribution in [0.15, 0.2) is 59.0 Å². The zero-order valence-corrected chi connectivity index (χ0v) is 32.9. The molecule has 0 amide bonds. The fourth-order valence-electron chi connectivity index (χ4n) is 9.47. The van der Waals surface area contributed by atoms with Crippen LogP contribution in [0.4, 0.5) is 0 Å². The van der Waals surface area contributed by atoms with Gasteiger partial charge in [-0.25, -0.2) is 0 Å². The molecule has 0 unspecified atom stereocenters. The molecule has 0 bridgehead atoms. The van der Waals surface area contributed by atoms with Gasteiger partial charge in [0.05, 0.1) is 0 Å². The molecule has 9 aromatic carbocycles. The maximum absolute atomic E-state index is 7.35. The molecular weight excluding hydrogens is 728 g/mol. The first kappa shape index (κ1) is 41.2. The Kier molecular flexibility index (Phi) is 9.37. The number of rotatable bonds is 2. The molecule has 10 rings (SSSR count). The minimum Gasteiger partial charge on any atom is -0.457 e. The molecule has 0 aliphatic heterocycles. The van der Waals surface area contributed by atoms with E-state index in [-0.39, 0.29) is 147 Å². The number of hydrogen-bond donors (Lipinski definition) is 0. The lowest BCUT2D eigenvalue weighted by atomic mass is 9.58. The molecule has 0 N–H and O–H groups in total. The Morgan fingerprint density at radius 1 is 0.258 bits per heavy atom. The van der Waals surface area contributed by atoms with E-state index in [4.69, 9.17) is 138 Å². The van der Waals surface area contributed by atoms with Crippen molar-refractivity contribution in [2.24, 2.45) is 0 Å². The molecule has 1 heterocycles. The van der Waals surface area contributed by atoms with E-state index in [0.717, 1.165) is 21.5 Å². The van der Waals surface area contributed by atoms with E-state index in [9.17, 15) is 0 Å². The first-order chi connectivity index (χ1) is 29.4. The molecule has 0 spiro atoms. The van der Waals surface area contributed by atoms with Gasteiger partial charge in [0.25, 0.3) is 0 Å². The first-order valence-electron chi connectivity index (χ1n) is 19.0. The van der Waals surface area contributed by atoms with E-state index in [1.54, 1.807) is 0 Å². The summed E-state index contributed by atoms with van der Waals surface area (Å²) in [5.74, 6) is 0. The molecule has 1 nitrogen and oxygen atoms in total. The maximum Gasteiger partial charge on any atom is 0.128 e. The van der Waals surface area contributed by atoms with Crippen molar-refractivity contribution in [1.82, 2.24) is 0 Å². The second kappa shape index (κ2) is 14.1. The number of hydrogen-bond acceptors (Lipinski definition) is 1. The van der Waals surface area contributed by atoms with Gasteiger partial charge in [0, 0.05) is 10.8 Å². The van der Waals surface area contributed by atoms with Crippen LogP contribution < -0.4 is 92.9 Å². The Balaban J connectivity index is 1.51. The van der Waals surface area contributed by atoms with Crippen LogP contribution >= 0.6 is 0 Å². The lowest BCUT2D eigenvalue weighted by molar-refractivity contribution is 0.675. The maximum atomic E-state index is 7.35. The number of furan rings is 1. The minimum absolute atomic E-state index is 0.000832. The van der Waals surface area contributed by atoms with Crippen molar-refractivity contribution in [2.45, 2.75) is 0 Å². The summed E-state index contributed by atoms with van der Waals surface area (Å²) in [6.45, 7) is 0. The minimum atomic E-state index is -0.0588. The highest BCUT2D eigenvalue weighted by molar-refractivity contribution is 6.74. The Morgan fingerprint density at radius 3 is 1.16 bits per heavy atom. The van der Waals surface area contributed by atoms with Crippen LogP contribution in [0.25, 0.3) is 98.1 Å². The van der Waals surface area contributed by atoms with Gasteiger partial charge >= 0.3 is 0 Å². The number of benzene rings is 9. The van der Waals surface area contributed by atoms with E-state index in [1.807, 2.05) is 54.6 Å². The van der Waals surface area contributed by atoms with Gasteiger partial charge in [-0.1, -0.05) is 103 Å². The topological polar surface area (TPSA) is 13.1 Å². The van der Waals surface area contributed by atoms with Gasteiger partial charge in [-0.2, -0.15) is 0 Å². The summed E-state index contributed by atoms with van der Waals surface area (Å²) in [6, 6.07) is 17.9. The third kappa shape index (κ3) is 5.16. The average molecular weight is 737 g/mol. The Hall–Kier alpha value is -4.82. The summed E-state index contributed by atoms with van der Waals surface area (Å²) in [4.78, 5) is 0. The van der Waals surface area contributed by atoms with Crippen LogP contribution in [-0.2, 0) is 0 Å². The third-order valence-corrected chi connectivity index (χ3v) is 12.6. The Labute approximate surface area is 381 Å². The van der Waals surface area contributed by atoms with Crippen molar-refractivity contribution < 1.29 is 4.42 Å². The lowest BCUT2D eigenvalue weighted by Gasteiger charge is -2.30. The monoisotopic (exact) mass is 740 g/mol. The van der Waals surface area contributed by atoms with Gasteiger partial charge in [-0.3, -0.25) is 0 Å². The fraction of sp³-hybridized carbons (Fsp3) is 0. The van der Waals surface area contributed by atoms with Crippen molar-refractivity contribution in [3.8, 4) is 22.3 Å². The van der Waals surface area contributed by atoms with Crippen LogP contribution in [0.5, 0.6) is 0 Å². The molecule has 34 radical (unpaired) electrons. The second-order valence-electron chi connectivity index (χ2n) is 15.6. The molecular formula is C44H9B17O. The molecule has 242 valence electrons. The molecule has 0 atom stereocenters. The Bertz CT molecular complexity index is 3700. The highest BCUT2D eigenvalue weighted by atomic mass is 16.3. The fourth-order valence-corrected chi connectivity index (χ4v) is 9.47. The molecule has 0 saturated heterocycles. The zero-order chi connectivity index (χ0) is 44.3. The van der Waals surface area contributed by atoms with E-state index < -0.39 is 0 Å². The summed E-state index contributed by atoms with van der Waals surface area (Å²) < 4.78 is 6.38. The van der Waals surface area contributed by atoms with E-state index in [1.165, 1.54) is 0 Å². The second-order valence-corrected chi connectivity index (χ2v) is 15.6. The van der Waals surface area contributed by atoms with Crippen LogP contribution in [-0.4, -0.2) is 133 Å². The van der Waals surface area contributed by atoms with Gasteiger partial charge in [-0.15, -0.1) is 32.8 Å². The lowest BCUT2D eigenvalue weighted by Crippen LogP contribution is -2.50. The van der Waals surface area contributed by atoms with Crippen molar-refractivity contribution in [1.29, 1.82) is 0 Å². The zero-order valence-electron chi connectivity index (χ0n) is 32.9. The summed E-state index contributed by atoms with van der Waals surface area (Å²) in [6.07, 6.45) is 0. The Morgan fingerprint density at radius 2 is 0.645 bits per heavy atom. The first-order valence-corrected chi connectivity index (χ1v) is 19.0. The summed E-state index contributed by atoms with van der Waals surface area (Å²) in [5, 5.41) is 5.76. The quantitative estimate of drug-likeness (QED) is 0.0979. The predicted molar refractivity (Wildman–Crippen MR) is 284 cm³/mol. The van der Waals surface area contributed by atoms with Gasteiger partial charge in [-0.05, 0) is 87.6 Å². The largest absolute Gasteiger partial charge is 0.457 e. The van der Waals surface area contributed by atoms with E-state index in [2.05, 4.69) is 0 Å². The molecule has 10 aromatic rings.